The molecule has 0 amide bonds. The average Bonchev–Trinajstić information content (AvgIpc) is 3.05. The summed E-state index contributed by atoms with van der Waals surface area (Å²) in [6, 6.07) is 44.8. The van der Waals surface area contributed by atoms with Gasteiger partial charge in [-0.3, -0.25) is 0 Å². The van der Waals surface area contributed by atoms with Gasteiger partial charge in [0.25, 0.3) is 0 Å². The quantitative estimate of drug-likeness (QED) is 0.133. The molecule has 5 rings (SSSR count). The van der Waals surface area contributed by atoms with Crippen molar-refractivity contribution in [1.82, 2.24) is 0 Å². The van der Waals surface area contributed by atoms with E-state index in [1.165, 1.54) is 52.0 Å². The van der Waals surface area contributed by atoms with Crippen LogP contribution in [0, 0.1) is 26.7 Å². The largest absolute Gasteiger partial charge is 0.338 e. The lowest BCUT2D eigenvalue weighted by Crippen LogP contribution is -2.31. The van der Waals surface area contributed by atoms with Crippen LogP contribution < -0.4 is 9.80 Å². The molecule has 0 spiro atoms. The lowest BCUT2D eigenvalue weighted by molar-refractivity contribution is 0.483. The Morgan fingerprint density at radius 2 is 0.800 bits per heavy atom. The topological polar surface area (TPSA) is 6.48 Å². The number of hydrogen-bond acceptors (Lipinski definition) is 2. The molecular weight excluding hydrogens is 544 g/mol. The zero-order valence-corrected chi connectivity index (χ0v) is 27.9. The van der Waals surface area contributed by atoms with Crippen LogP contribution in [0.25, 0.3) is 12.2 Å². The molecule has 5 aromatic rings. The van der Waals surface area contributed by atoms with Gasteiger partial charge >= 0.3 is 0 Å². The van der Waals surface area contributed by atoms with Gasteiger partial charge in [0.2, 0.25) is 0 Å². The molecule has 1 unspecified atom stereocenters. The maximum absolute atomic E-state index is 2.54. The summed E-state index contributed by atoms with van der Waals surface area (Å²) in [7, 11) is 0. The molecule has 45 heavy (non-hydrogen) atoms. The van der Waals surface area contributed by atoms with E-state index in [0.717, 1.165) is 23.5 Å². The van der Waals surface area contributed by atoms with Crippen molar-refractivity contribution in [1.29, 1.82) is 0 Å². The van der Waals surface area contributed by atoms with Crippen molar-refractivity contribution in [2.45, 2.75) is 66.8 Å². The Morgan fingerprint density at radius 3 is 1.16 bits per heavy atom. The Bertz CT molecular complexity index is 1600. The van der Waals surface area contributed by atoms with E-state index in [2.05, 4.69) is 185 Å². The summed E-state index contributed by atoms with van der Waals surface area (Å²) in [5.74, 6) is 0.703. The highest BCUT2D eigenvalue weighted by atomic mass is 15.2. The van der Waals surface area contributed by atoms with E-state index >= 15 is 0 Å². The van der Waals surface area contributed by atoms with Crippen LogP contribution in [0.2, 0.25) is 0 Å². The molecule has 0 heterocycles. The number of aryl methyl sites for hydroxylation is 3. The Kier molecular flexibility index (Phi) is 10.6. The van der Waals surface area contributed by atoms with Crippen LogP contribution in [0.5, 0.6) is 0 Å². The highest BCUT2D eigenvalue weighted by Crippen LogP contribution is 2.35. The van der Waals surface area contributed by atoms with Crippen molar-refractivity contribution in [3.63, 3.8) is 0 Å². The van der Waals surface area contributed by atoms with Gasteiger partial charge < -0.3 is 9.80 Å². The van der Waals surface area contributed by atoms with Gasteiger partial charge in [0, 0.05) is 34.5 Å². The highest BCUT2D eigenvalue weighted by Gasteiger charge is 2.20. The monoisotopic (exact) mass is 592 g/mol. The van der Waals surface area contributed by atoms with Gasteiger partial charge in [0.1, 0.15) is 0 Å². The summed E-state index contributed by atoms with van der Waals surface area (Å²) in [5.41, 5.74) is 12.2. The van der Waals surface area contributed by atoms with Crippen molar-refractivity contribution in [2.24, 2.45) is 5.92 Å². The van der Waals surface area contributed by atoms with E-state index in [1.807, 2.05) is 0 Å². The van der Waals surface area contributed by atoms with E-state index in [4.69, 9.17) is 0 Å². The number of nitrogens with zero attached hydrogens (tertiary/aromatic N) is 2. The molecule has 0 aliphatic rings. The average molecular weight is 593 g/mol. The lowest BCUT2D eigenvalue weighted by Gasteiger charge is -2.34. The first-order valence-electron chi connectivity index (χ1n) is 16.5. The number of anilines is 5. The van der Waals surface area contributed by atoms with Gasteiger partial charge in [-0.05, 0) is 118 Å². The Morgan fingerprint density at radius 1 is 0.467 bits per heavy atom. The van der Waals surface area contributed by atoms with E-state index in [9.17, 15) is 0 Å². The van der Waals surface area contributed by atoms with E-state index in [1.54, 1.807) is 0 Å². The summed E-state index contributed by atoms with van der Waals surface area (Å²) in [6.45, 7) is 13.4. The van der Waals surface area contributed by atoms with Crippen molar-refractivity contribution >= 4 is 40.6 Å². The first kappa shape index (κ1) is 31.9. The summed E-state index contributed by atoms with van der Waals surface area (Å²) in [4.78, 5) is 4.86. The van der Waals surface area contributed by atoms with Crippen molar-refractivity contribution in [3.05, 3.63) is 149 Å². The van der Waals surface area contributed by atoms with Crippen LogP contribution in [0.4, 0.5) is 28.4 Å². The van der Waals surface area contributed by atoms with Gasteiger partial charge in [-0.15, -0.1) is 0 Å². The van der Waals surface area contributed by atoms with Crippen LogP contribution in [0.1, 0.15) is 67.9 Å². The van der Waals surface area contributed by atoms with Crippen molar-refractivity contribution in [3.8, 4) is 0 Å². The Hall–Kier alpha value is -4.56. The number of hydrogen-bond donors (Lipinski definition) is 0. The lowest BCUT2D eigenvalue weighted by atomic mass is 9.99. The van der Waals surface area contributed by atoms with Gasteiger partial charge in [-0.25, -0.2) is 0 Å². The predicted octanol–water partition coefficient (Wildman–Crippen LogP) is 12.6. The third-order valence-electron chi connectivity index (χ3n) is 8.60. The Labute approximate surface area is 271 Å². The second kappa shape index (κ2) is 14.9. The minimum absolute atomic E-state index is 0.467. The number of rotatable bonds is 12. The van der Waals surface area contributed by atoms with E-state index in [0.29, 0.717) is 12.0 Å². The minimum Gasteiger partial charge on any atom is -0.338 e. The van der Waals surface area contributed by atoms with Crippen molar-refractivity contribution in [2.75, 3.05) is 9.80 Å². The van der Waals surface area contributed by atoms with Crippen molar-refractivity contribution < 1.29 is 0 Å². The van der Waals surface area contributed by atoms with Crippen LogP contribution in [0.3, 0.4) is 0 Å². The highest BCUT2D eigenvalue weighted by molar-refractivity contribution is 5.78. The van der Waals surface area contributed by atoms with E-state index < -0.39 is 0 Å². The second-order valence-electron chi connectivity index (χ2n) is 12.8. The molecule has 0 saturated heterocycles. The smallest absolute Gasteiger partial charge is 0.0462 e. The predicted molar refractivity (Wildman–Crippen MR) is 197 cm³/mol. The first-order chi connectivity index (χ1) is 21.8. The van der Waals surface area contributed by atoms with Gasteiger partial charge in [0.05, 0.1) is 0 Å². The van der Waals surface area contributed by atoms with Gasteiger partial charge in [-0.2, -0.15) is 0 Å². The molecule has 0 aliphatic carbocycles. The fourth-order valence-electron chi connectivity index (χ4n) is 5.83. The second-order valence-corrected chi connectivity index (χ2v) is 12.8. The van der Waals surface area contributed by atoms with Crippen LogP contribution >= 0.6 is 0 Å². The molecule has 0 saturated carbocycles. The zero-order chi connectivity index (χ0) is 31.8. The molecule has 2 heteroatoms. The summed E-state index contributed by atoms with van der Waals surface area (Å²) < 4.78 is 0. The number of benzene rings is 5. The normalized spacial score (nSPS) is 12.1. The molecule has 0 aromatic heterocycles. The molecule has 2 nitrogen and oxygen atoms in total. The van der Waals surface area contributed by atoms with Crippen LogP contribution in [-0.4, -0.2) is 6.04 Å². The Balaban J connectivity index is 1.36. The van der Waals surface area contributed by atoms with E-state index in [-0.39, 0.29) is 0 Å². The molecule has 0 aliphatic heterocycles. The molecule has 230 valence electrons. The third-order valence-corrected chi connectivity index (χ3v) is 8.60. The summed E-state index contributed by atoms with van der Waals surface area (Å²) >= 11 is 0. The molecule has 0 bridgehead atoms. The molecular formula is C43H48N2. The van der Waals surface area contributed by atoms with Gasteiger partial charge in [0.15, 0.2) is 0 Å². The minimum atomic E-state index is 0.467. The molecule has 0 N–H and O–H groups in total. The third kappa shape index (κ3) is 8.34. The maximum Gasteiger partial charge on any atom is 0.0462 e. The fraction of sp³-hybridized carbons (Fsp3) is 0.256. The fourth-order valence-corrected chi connectivity index (χ4v) is 5.83. The summed E-state index contributed by atoms with van der Waals surface area (Å²) in [5, 5.41) is 0. The van der Waals surface area contributed by atoms with Crippen LogP contribution in [0.15, 0.2) is 121 Å². The summed E-state index contributed by atoms with van der Waals surface area (Å²) in [6.07, 6.45) is 7.95. The molecule has 1 atom stereocenters. The van der Waals surface area contributed by atoms with Crippen LogP contribution in [-0.2, 0) is 0 Å². The molecule has 5 aromatic carbocycles. The zero-order valence-electron chi connectivity index (χ0n) is 27.9. The molecule has 0 radical (unpaired) electrons. The SMILES string of the molecule is CCC(CCC(C)C)N(c1ccc(C)cc1)c1ccc(C=Cc2ccc(N(c3ccc(C)cc3)c3ccc(C)cc3)cc2)cc1. The van der Waals surface area contributed by atoms with Gasteiger partial charge in [-0.1, -0.05) is 110 Å². The molecule has 0 fully saturated rings. The standard InChI is InChI=1S/C43H48N2/c1-7-38(21-8-32(2)3)44(39-22-9-33(4)10-23-39)42-28-17-36(18-29-42)15-16-37-19-30-43(31-20-37)45(40-24-11-34(5)12-25-40)41-26-13-35(6)14-27-41/h9-20,22-32,38H,7-8,21H2,1-6H3. The maximum atomic E-state index is 2.54. The first-order valence-corrected chi connectivity index (χ1v) is 16.5.